The minimum absolute atomic E-state index is 0.106. The Morgan fingerprint density at radius 2 is 1.13 bits per heavy atom. The van der Waals surface area contributed by atoms with Crippen LogP contribution in [0.25, 0.3) is 0 Å². The first-order chi connectivity index (χ1) is 17.8. The molecule has 0 N–H and O–H groups in total. The van der Waals surface area contributed by atoms with E-state index in [0.717, 1.165) is 27.8 Å². The van der Waals surface area contributed by atoms with Gasteiger partial charge in [-0.1, -0.05) is 115 Å². The zero-order valence-electron chi connectivity index (χ0n) is 25.8. The van der Waals surface area contributed by atoms with E-state index < -0.39 is 18.6 Å². The van der Waals surface area contributed by atoms with Crippen LogP contribution in [0.3, 0.4) is 0 Å². The molecule has 3 rings (SSSR count). The molecule has 0 aliphatic carbocycles. The van der Waals surface area contributed by atoms with Crippen LogP contribution in [0, 0.1) is 20.8 Å². The molecule has 0 bridgehead atoms. The van der Waals surface area contributed by atoms with Gasteiger partial charge in [0.1, 0.15) is 0 Å². The summed E-state index contributed by atoms with van der Waals surface area (Å²) in [7, 11) is -2.52. The van der Waals surface area contributed by atoms with Gasteiger partial charge >= 0.3 is 13.3 Å². The predicted octanol–water partition coefficient (Wildman–Crippen LogP) is 9.03. The SMILES string of the molecule is Cc1cc(C)c(C(=O)[P+](=O)c2c(C(C)(C)C)cc(C(C)(C)C)c(C(=O)c3ccccc3)c2C(C)(C)C)c(C)c1. The van der Waals surface area contributed by atoms with Gasteiger partial charge in [-0.05, 0) is 59.8 Å². The average molecular weight is 544 g/mol. The highest BCUT2D eigenvalue weighted by atomic mass is 31.1. The largest absolute Gasteiger partial charge is 0.459 e. The van der Waals surface area contributed by atoms with Crippen LogP contribution in [0.4, 0.5) is 0 Å². The Hall–Kier alpha value is -2.90. The maximum Gasteiger partial charge on any atom is 0.459 e. The summed E-state index contributed by atoms with van der Waals surface area (Å²) in [6, 6.07) is 15.2. The third-order valence-electron chi connectivity index (χ3n) is 7.21. The molecule has 0 spiro atoms. The minimum Gasteiger partial charge on any atom is -0.289 e. The summed E-state index contributed by atoms with van der Waals surface area (Å²) < 4.78 is 14.6. The summed E-state index contributed by atoms with van der Waals surface area (Å²) in [6.07, 6.45) is 0. The van der Waals surface area contributed by atoms with Crippen LogP contribution in [0.5, 0.6) is 0 Å². The second-order valence-corrected chi connectivity index (χ2v) is 15.3. The Kier molecular flexibility index (Phi) is 8.31. The van der Waals surface area contributed by atoms with Gasteiger partial charge < -0.3 is 0 Å². The van der Waals surface area contributed by atoms with Gasteiger partial charge in [0.25, 0.3) is 0 Å². The van der Waals surface area contributed by atoms with Crippen molar-refractivity contribution in [2.45, 2.75) is 99.3 Å². The van der Waals surface area contributed by atoms with E-state index in [4.69, 9.17) is 0 Å². The van der Waals surface area contributed by atoms with Gasteiger partial charge in [0.2, 0.25) is 5.30 Å². The van der Waals surface area contributed by atoms with Gasteiger partial charge in [0, 0.05) is 22.3 Å². The topological polar surface area (TPSA) is 51.2 Å². The van der Waals surface area contributed by atoms with Crippen molar-refractivity contribution in [1.29, 1.82) is 0 Å². The number of carbonyl (C=O) groups excluding carboxylic acids is 2. The number of hydrogen-bond donors (Lipinski definition) is 0. The van der Waals surface area contributed by atoms with Crippen molar-refractivity contribution in [2.24, 2.45) is 0 Å². The lowest BCUT2D eigenvalue weighted by Crippen LogP contribution is -2.35. The van der Waals surface area contributed by atoms with Crippen LogP contribution in [0.1, 0.15) is 122 Å². The molecule has 0 fully saturated rings. The standard InChI is InChI=1S/C35H44O3P/c1-21-18-22(2)27(23(3)19-21)32(37)39(38)31-26(34(7,8)9)20-25(33(4,5)6)28(29(31)35(10,11)12)30(36)24-16-14-13-15-17-24/h13-20H,1-12H3/q+1. The molecular weight excluding hydrogens is 499 g/mol. The molecule has 1 unspecified atom stereocenters. The Balaban J connectivity index is 2.54. The molecule has 0 amide bonds. The smallest absolute Gasteiger partial charge is 0.289 e. The van der Waals surface area contributed by atoms with Crippen LogP contribution in [-0.2, 0) is 20.8 Å². The van der Waals surface area contributed by atoms with E-state index in [2.05, 4.69) is 47.6 Å². The Bertz CT molecular complexity index is 1430. The number of benzene rings is 3. The summed E-state index contributed by atoms with van der Waals surface area (Å²) in [4.78, 5) is 28.4. The zero-order chi connectivity index (χ0) is 29.7. The van der Waals surface area contributed by atoms with Gasteiger partial charge in [-0.3, -0.25) is 4.79 Å². The fraction of sp³-hybridized carbons (Fsp3) is 0.429. The third kappa shape index (κ3) is 6.15. The number of rotatable bonds is 5. The fourth-order valence-electron chi connectivity index (χ4n) is 5.47. The fourth-order valence-corrected chi connectivity index (χ4v) is 7.50. The molecule has 0 radical (unpaired) electrons. The molecule has 0 aliphatic rings. The van der Waals surface area contributed by atoms with Gasteiger partial charge in [0.05, 0.1) is 5.56 Å². The van der Waals surface area contributed by atoms with Gasteiger partial charge in [-0.15, -0.1) is 0 Å². The highest BCUT2D eigenvalue weighted by molar-refractivity contribution is 7.71. The van der Waals surface area contributed by atoms with Crippen LogP contribution < -0.4 is 5.30 Å². The molecule has 0 heterocycles. The quantitative estimate of drug-likeness (QED) is 0.238. The number of ketones is 1. The maximum absolute atomic E-state index is 14.6. The first-order valence-corrected chi connectivity index (χ1v) is 14.9. The van der Waals surface area contributed by atoms with Crippen molar-refractivity contribution in [2.75, 3.05) is 0 Å². The lowest BCUT2D eigenvalue weighted by molar-refractivity contribution is 0.103. The normalized spacial score (nSPS) is 12.9. The predicted molar refractivity (Wildman–Crippen MR) is 165 cm³/mol. The van der Waals surface area contributed by atoms with E-state index in [0.29, 0.717) is 27.6 Å². The van der Waals surface area contributed by atoms with Crippen molar-refractivity contribution >= 4 is 24.4 Å². The van der Waals surface area contributed by atoms with E-state index in [1.807, 2.05) is 84.0 Å². The van der Waals surface area contributed by atoms with E-state index in [1.165, 1.54) is 0 Å². The third-order valence-corrected chi connectivity index (χ3v) is 8.67. The summed E-state index contributed by atoms with van der Waals surface area (Å²) in [6.45, 7) is 24.5. The summed E-state index contributed by atoms with van der Waals surface area (Å²) in [5.41, 5.74) is 5.14. The zero-order valence-corrected chi connectivity index (χ0v) is 26.7. The van der Waals surface area contributed by atoms with Crippen molar-refractivity contribution < 1.29 is 14.2 Å². The van der Waals surface area contributed by atoms with Crippen LogP contribution in [-0.4, -0.2) is 11.3 Å². The minimum atomic E-state index is -2.52. The monoisotopic (exact) mass is 543 g/mol. The highest BCUT2D eigenvalue weighted by Gasteiger charge is 2.47. The van der Waals surface area contributed by atoms with Gasteiger partial charge in [0.15, 0.2) is 5.78 Å². The first kappa shape index (κ1) is 30.6. The number of aryl methyl sites for hydroxylation is 3. The molecule has 4 heteroatoms. The highest BCUT2D eigenvalue weighted by Crippen LogP contribution is 2.44. The van der Waals surface area contributed by atoms with Crippen LogP contribution in [0.15, 0.2) is 48.5 Å². The molecule has 3 nitrogen and oxygen atoms in total. The Labute approximate surface area is 236 Å². The van der Waals surface area contributed by atoms with Gasteiger partial charge in [-0.2, -0.15) is 0 Å². The van der Waals surface area contributed by atoms with E-state index in [9.17, 15) is 14.2 Å². The van der Waals surface area contributed by atoms with Gasteiger partial charge in [-0.25, -0.2) is 4.79 Å². The summed E-state index contributed by atoms with van der Waals surface area (Å²) in [5, 5.41) is 0.515. The Morgan fingerprint density at radius 1 is 0.641 bits per heavy atom. The second kappa shape index (κ2) is 10.6. The van der Waals surface area contributed by atoms with E-state index in [1.54, 1.807) is 0 Å². The number of hydrogen-bond acceptors (Lipinski definition) is 3. The lowest BCUT2D eigenvalue weighted by Gasteiger charge is -2.33. The molecule has 3 aromatic carbocycles. The van der Waals surface area contributed by atoms with E-state index >= 15 is 0 Å². The molecule has 3 aromatic rings. The second-order valence-electron chi connectivity index (χ2n) is 13.9. The molecule has 206 valence electrons. The average Bonchev–Trinajstić information content (AvgIpc) is 2.79. The first-order valence-electron chi connectivity index (χ1n) is 13.7. The molecule has 1 atom stereocenters. The molecular formula is C35H44O3P+. The maximum atomic E-state index is 14.6. The van der Waals surface area contributed by atoms with Crippen LogP contribution in [0.2, 0.25) is 0 Å². The summed E-state index contributed by atoms with van der Waals surface area (Å²) in [5.74, 6) is -0.106. The van der Waals surface area contributed by atoms with Crippen molar-refractivity contribution in [1.82, 2.24) is 0 Å². The molecule has 0 saturated heterocycles. The van der Waals surface area contributed by atoms with Crippen molar-refractivity contribution in [3.8, 4) is 0 Å². The Morgan fingerprint density at radius 3 is 1.56 bits per heavy atom. The van der Waals surface area contributed by atoms with Crippen molar-refractivity contribution in [3.05, 3.63) is 98.6 Å². The summed E-state index contributed by atoms with van der Waals surface area (Å²) >= 11 is 0. The number of carbonyl (C=O) groups is 2. The lowest BCUT2D eigenvalue weighted by atomic mass is 9.70. The van der Waals surface area contributed by atoms with Crippen LogP contribution >= 0.6 is 7.80 Å². The molecule has 0 aliphatic heterocycles. The molecule has 39 heavy (non-hydrogen) atoms. The van der Waals surface area contributed by atoms with E-state index in [-0.39, 0.29) is 16.7 Å². The molecule has 0 aromatic heterocycles. The van der Waals surface area contributed by atoms with Crippen molar-refractivity contribution in [3.63, 3.8) is 0 Å². The molecule has 0 saturated carbocycles.